The average molecular weight is 298 g/mol. The summed E-state index contributed by atoms with van der Waals surface area (Å²) in [5.74, 6) is -4.30. The summed E-state index contributed by atoms with van der Waals surface area (Å²) in [5, 5.41) is 0. The second-order valence-electron chi connectivity index (χ2n) is 2.53. The van der Waals surface area contributed by atoms with Gasteiger partial charge in [0.15, 0.2) is 0 Å². The maximum absolute atomic E-state index is 9.13. The molecule has 0 amide bonds. The SMILES string of the molecule is OP(O)(O)=S(Cl)(Cl)(Cl)c1ccccc1. The smallest absolute Gasteiger partial charge is 0.303 e. The molecule has 0 unspecified atom stereocenters. The lowest BCUT2D eigenvalue weighted by molar-refractivity contribution is 0.362. The summed E-state index contributed by atoms with van der Waals surface area (Å²) in [6, 6.07) is 7.68. The molecule has 1 rings (SSSR count). The fourth-order valence-corrected chi connectivity index (χ4v) is 3.79. The number of benzene rings is 1. The lowest BCUT2D eigenvalue weighted by atomic mass is 10.4. The van der Waals surface area contributed by atoms with Gasteiger partial charge in [-0.1, -0.05) is 18.2 Å². The van der Waals surface area contributed by atoms with E-state index in [0.29, 0.717) is 0 Å². The molecular weight excluding hydrogens is 289 g/mol. The molecule has 0 fully saturated rings. The van der Waals surface area contributed by atoms with Crippen molar-refractivity contribution in [1.82, 2.24) is 0 Å². The van der Waals surface area contributed by atoms with Crippen LogP contribution in [0.2, 0.25) is 0 Å². The van der Waals surface area contributed by atoms with Crippen LogP contribution in [-0.4, -0.2) is 14.7 Å². The van der Waals surface area contributed by atoms with E-state index in [-0.39, 0.29) is 4.90 Å². The topological polar surface area (TPSA) is 60.7 Å². The molecule has 0 aromatic heterocycles. The lowest BCUT2D eigenvalue weighted by Gasteiger charge is -2.32. The molecule has 0 heterocycles. The summed E-state index contributed by atoms with van der Waals surface area (Å²) < 4.78 is 0. The minimum absolute atomic E-state index is 0.107. The highest BCUT2D eigenvalue weighted by molar-refractivity contribution is 8.86. The Morgan fingerprint density at radius 2 is 1.36 bits per heavy atom. The maximum atomic E-state index is 9.13. The van der Waals surface area contributed by atoms with Crippen LogP contribution in [0.1, 0.15) is 0 Å². The van der Waals surface area contributed by atoms with E-state index >= 15 is 0 Å². The van der Waals surface area contributed by atoms with Crippen LogP contribution in [0.3, 0.4) is 0 Å². The average Bonchev–Trinajstić information content (AvgIpc) is 2.03. The van der Waals surface area contributed by atoms with Gasteiger partial charge in [-0.25, -0.2) is 0 Å². The predicted octanol–water partition coefficient (Wildman–Crippen LogP) is 2.85. The first-order valence-electron chi connectivity index (χ1n) is 3.36. The van der Waals surface area contributed by atoms with Gasteiger partial charge in [-0.05, 0) is 44.2 Å². The Morgan fingerprint density at radius 3 is 1.71 bits per heavy atom. The van der Waals surface area contributed by atoms with Gasteiger partial charge in [0.2, 0.25) is 0 Å². The molecule has 3 nitrogen and oxygen atoms in total. The van der Waals surface area contributed by atoms with Crippen molar-refractivity contribution in [2.24, 2.45) is 0 Å². The summed E-state index contributed by atoms with van der Waals surface area (Å²) in [6.07, 6.45) is 0. The van der Waals surface area contributed by atoms with Gasteiger partial charge in [-0.3, -0.25) is 0 Å². The highest BCUT2D eigenvalue weighted by Gasteiger charge is 2.39. The van der Waals surface area contributed by atoms with Crippen LogP contribution in [-0.2, 0) is 5.98 Å². The zero-order valence-electron chi connectivity index (χ0n) is 6.72. The van der Waals surface area contributed by atoms with Gasteiger partial charge in [0.05, 0.1) is 0 Å². The molecule has 0 aliphatic carbocycles. The van der Waals surface area contributed by atoms with Gasteiger partial charge in [0.25, 0.3) is 0 Å². The maximum Gasteiger partial charge on any atom is 0.303 e. The molecule has 14 heavy (non-hydrogen) atoms. The normalized spacial score (nSPS) is 16.0. The largest absolute Gasteiger partial charge is 0.327 e. The van der Waals surface area contributed by atoms with E-state index in [1.807, 2.05) is 0 Å². The molecule has 0 radical (unpaired) electrons. The van der Waals surface area contributed by atoms with Gasteiger partial charge >= 0.3 is 6.72 Å². The summed E-state index contributed by atoms with van der Waals surface area (Å²) in [6.45, 7) is -4.55. The van der Waals surface area contributed by atoms with Crippen molar-refractivity contribution < 1.29 is 14.7 Å². The van der Waals surface area contributed by atoms with Crippen molar-refractivity contribution in [3.8, 4) is 0 Å². The lowest BCUT2D eigenvalue weighted by Crippen LogP contribution is -2.10. The molecule has 0 saturated heterocycles. The molecule has 1 aromatic rings. The molecule has 82 valence electrons. The van der Waals surface area contributed by atoms with Crippen molar-refractivity contribution in [3.05, 3.63) is 30.3 Å². The fraction of sp³-hybridized carbons (Fsp3) is 0. The van der Waals surface area contributed by atoms with Crippen LogP contribution >= 0.6 is 38.8 Å². The van der Waals surface area contributed by atoms with Gasteiger partial charge in [-0.15, -0.1) is 0 Å². The molecule has 0 bridgehead atoms. The van der Waals surface area contributed by atoms with Gasteiger partial charge in [-0.2, -0.15) is 0 Å². The molecule has 0 saturated carbocycles. The fourth-order valence-electron chi connectivity index (χ4n) is 0.777. The Labute approximate surface area is 94.5 Å². The van der Waals surface area contributed by atoms with Crippen LogP contribution in [0.5, 0.6) is 0 Å². The first-order chi connectivity index (χ1) is 6.14. The van der Waals surface area contributed by atoms with Crippen LogP contribution in [0, 0.1) is 0 Å². The Bertz CT molecular complexity index is 416. The zero-order chi connectivity index (χ0) is 11.1. The van der Waals surface area contributed by atoms with E-state index in [4.69, 9.17) is 46.7 Å². The Morgan fingerprint density at radius 1 is 0.929 bits per heavy atom. The van der Waals surface area contributed by atoms with Crippen molar-refractivity contribution >= 4 is 44.7 Å². The van der Waals surface area contributed by atoms with E-state index in [1.165, 1.54) is 12.1 Å². The van der Waals surface area contributed by atoms with Gasteiger partial charge in [0.1, 0.15) is 0 Å². The number of halogens is 3. The highest BCUT2D eigenvalue weighted by atomic mass is 36.2. The molecule has 0 spiro atoms. The Kier molecular flexibility index (Phi) is 3.34. The van der Waals surface area contributed by atoms with Crippen LogP contribution in [0.25, 0.3) is 0 Å². The first kappa shape index (κ1) is 12.8. The number of hydrogen-bond donors (Lipinski definition) is 3. The summed E-state index contributed by atoms with van der Waals surface area (Å²) in [7, 11) is 17.2. The third-order valence-electron chi connectivity index (χ3n) is 1.52. The molecular formula is C6H8Cl3O3PS. The van der Waals surface area contributed by atoms with Crippen LogP contribution in [0.15, 0.2) is 35.2 Å². The molecule has 0 aliphatic rings. The zero-order valence-corrected chi connectivity index (χ0v) is 10.7. The summed E-state index contributed by atoms with van der Waals surface area (Å²) in [4.78, 5) is 27.5. The monoisotopic (exact) mass is 296 g/mol. The second kappa shape index (κ2) is 3.65. The highest BCUT2D eigenvalue weighted by Crippen LogP contribution is 2.68. The molecule has 3 N–H and O–H groups in total. The molecule has 0 aliphatic heterocycles. The third-order valence-corrected chi connectivity index (χ3v) is 13.0. The Hall–Kier alpha value is 0.750. The minimum atomic E-state index is -4.55. The summed E-state index contributed by atoms with van der Waals surface area (Å²) >= 11 is 0. The van der Waals surface area contributed by atoms with E-state index in [0.717, 1.165) is 0 Å². The van der Waals surface area contributed by atoms with E-state index in [1.54, 1.807) is 18.2 Å². The third kappa shape index (κ3) is 2.13. The van der Waals surface area contributed by atoms with E-state index in [9.17, 15) is 0 Å². The van der Waals surface area contributed by atoms with Crippen LogP contribution < -0.4 is 0 Å². The van der Waals surface area contributed by atoms with Gasteiger partial charge < -0.3 is 14.7 Å². The standard InChI is InChI=1S/C6H8Cl3O3PS/c7-14(8,9,13(10,11)12)6-4-2-1-3-5-6/h1-5,10-12H. The van der Waals surface area contributed by atoms with Gasteiger partial charge in [0, 0.05) is 10.9 Å². The number of hydrogen-bond acceptors (Lipinski definition) is 0. The quantitative estimate of drug-likeness (QED) is 0.699. The molecule has 0 atom stereocenters. The predicted molar refractivity (Wildman–Crippen MR) is 63.2 cm³/mol. The number of rotatable bonds is 1. The van der Waals surface area contributed by atoms with Crippen molar-refractivity contribution in [1.29, 1.82) is 0 Å². The van der Waals surface area contributed by atoms with Crippen LogP contribution in [0.4, 0.5) is 0 Å². The first-order valence-corrected chi connectivity index (χ1v) is 10.1. The van der Waals surface area contributed by atoms with Crippen molar-refractivity contribution in [3.63, 3.8) is 0 Å². The summed E-state index contributed by atoms with van der Waals surface area (Å²) in [5.41, 5.74) is 0. The minimum Gasteiger partial charge on any atom is -0.327 e. The Balaban J connectivity index is 3.67. The van der Waals surface area contributed by atoms with Crippen molar-refractivity contribution in [2.45, 2.75) is 4.90 Å². The molecule has 1 aromatic carbocycles. The second-order valence-corrected chi connectivity index (χ2v) is 18.0. The molecule has 8 heteroatoms. The van der Waals surface area contributed by atoms with E-state index < -0.39 is 12.7 Å². The van der Waals surface area contributed by atoms with E-state index in [2.05, 4.69) is 0 Å². The van der Waals surface area contributed by atoms with Crippen molar-refractivity contribution in [2.75, 3.05) is 0 Å².